The molecular weight excluding hydrogens is 287 g/mol. The van der Waals surface area contributed by atoms with Gasteiger partial charge in [-0.05, 0) is 61.2 Å². The molecule has 23 heavy (non-hydrogen) atoms. The second-order valence-corrected chi connectivity index (χ2v) is 5.14. The minimum atomic E-state index is -0.260. The Morgan fingerprint density at radius 1 is 0.870 bits per heavy atom. The van der Waals surface area contributed by atoms with Crippen molar-refractivity contribution in [2.24, 2.45) is 0 Å². The lowest BCUT2D eigenvalue weighted by molar-refractivity contribution is 0.486. The average Bonchev–Trinajstić information content (AvgIpc) is 2.55. The first-order chi connectivity index (χ1) is 11.2. The van der Waals surface area contributed by atoms with Crippen molar-refractivity contribution in [1.82, 2.24) is 0 Å². The quantitative estimate of drug-likeness (QED) is 0.529. The Hall–Kier alpha value is -2.53. The van der Waals surface area contributed by atoms with Gasteiger partial charge in [0.25, 0.3) is 0 Å². The SMILES string of the molecule is CC.OC(=C1CCC1)c1ccc(C#Cc2ccc(F)cc2)cc1. The summed E-state index contributed by atoms with van der Waals surface area (Å²) in [5, 5.41) is 10.1. The van der Waals surface area contributed by atoms with Gasteiger partial charge in [-0.2, -0.15) is 0 Å². The average molecular weight is 308 g/mol. The normalized spacial score (nSPS) is 12.2. The van der Waals surface area contributed by atoms with E-state index in [1.807, 2.05) is 38.1 Å². The van der Waals surface area contributed by atoms with E-state index in [9.17, 15) is 9.50 Å². The van der Waals surface area contributed by atoms with Crippen molar-refractivity contribution in [1.29, 1.82) is 0 Å². The fraction of sp³-hybridized carbons (Fsp3) is 0.238. The first-order valence-electron chi connectivity index (χ1n) is 8.01. The van der Waals surface area contributed by atoms with E-state index >= 15 is 0 Å². The van der Waals surface area contributed by atoms with Crippen LogP contribution in [0.25, 0.3) is 5.76 Å². The van der Waals surface area contributed by atoms with Crippen LogP contribution in [0.1, 0.15) is 49.8 Å². The van der Waals surface area contributed by atoms with E-state index in [0.717, 1.165) is 35.1 Å². The molecule has 0 amide bonds. The number of allylic oxidation sites excluding steroid dienone is 1. The molecule has 0 saturated heterocycles. The molecule has 1 N–H and O–H groups in total. The predicted molar refractivity (Wildman–Crippen MR) is 93.6 cm³/mol. The number of hydrogen-bond donors (Lipinski definition) is 1. The van der Waals surface area contributed by atoms with E-state index in [2.05, 4.69) is 11.8 Å². The predicted octanol–water partition coefficient (Wildman–Crippen LogP) is 5.70. The zero-order chi connectivity index (χ0) is 16.7. The molecule has 0 bridgehead atoms. The van der Waals surface area contributed by atoms with Gasteiger partial charge in [0.1, 0.15) is 11.6 Å². The van der Waals surface area contributed by atoms with Crippen LogP contribution in [0.4, 0.5) is 4.39 Å². The number of rotatable bonds is 1. The van der Waals surface area contributed by atoms with Gasteiger partial charge in [0.15, 0.2) is 0 Å². The van der Waals surface area contributed by atoms with E-state index in [-0.39, 0.29) is 5.82 Å². The Bertz CT molecular complexity index is 722. The molecule has 1 aliphatic rings. The van der Waals surface area contributed by atoms with E-state index in [0.29, 0.717) is 5.76 Å². The van der Waals surface area contributed by atoms with Gasteiger partial charge in [-0.3, -0.25) is 0 Å². The lowest BCUT2D eigenvalue weighted by atomic mass is 9.89. The summed E-state index contributed by atoms with van der Waals surface area (Å²) in [5.74, 6) is 6.18. The van der Waals surface area contributed by atoms with Crippen molar-refractivity contribution in [2.75, 3.05) is 0 Å². The largest absolute Gasteiger partial charge is 0.507 e. The zero-order valence-corrected chi connectivity index (χ0v) is 13.6. The van der Waals surface area contributed by atoms with Gasteiger partial charge in [0.2, 0.25) is 0 Å². The summed E-state index contributed by atoms with van der Waals surface area (Å²) in [4.78, 5) is 0. The molecule has 118 valence electrons. The topological polar surface area (TPSA) is 20.2 Å². The highest BCUT2D eigenvalue weighted by atomic mass is 19.1. The Labute approximate surface area is 137 Å². The highest BCUT2D eigenvalue weighted by Gasteiger charge is 2.14. The summed E-state index contributed by atoms with van der Waals surface area (Å²) in [6.45, 7) is 4.00. The molecule has 2 aromatic carbocycles. The second kappa shape index (κ2) is 8.19. The number of hydrogen-bond acceptors (Lipinski definition) is 1. The number of benzene rings is 2. The molecule has 0 radical (unpaired) electrons. The standard InChI is InChI=1S/C19H15FO.C2H6/c20-18-12-8-15(9-13-18)5-4-14-6-10-17(11-7-14)19(21)16-2-1-3-16;1-2/h6-13,21H,1-3H2;1-2H3. The van der Waals surface area contributed by atoms with Gasteiger partial charge < -0.3 is 5.11 Å². The molecule has 3 rings (SSSR count). The van der Waals surface area contributed by atoms with Crippen LogP contribution >= 0.6 is 0 Å². The van der Waals surface area contributed by atoms with E-state index < -0.39 is 0 Å². The molecule has 0 aromatic heterocycles. The second-order valence-electron chi connectivity index (χ2n) is 5.14. The number of halogens is 1. The molecule has 0 heterocycles. The van der Waals surface area contributed by atoms with Gasteiger partial charge in [-0.1, -0.05) is 37.8 Å². The molecular formula is C21H21FO. The molecule has 1 fully saturated rings. The monoisotopic (exact) mass is 308 g/mol. The summed E-state index contributed by atoms with van der Waals surface area (Å²) in [7, 11) is 0. The highest BCUT2D eigenvalue weighted by Crippen LogP contribution is 2.31. The van der Waals surface area contributed by atoms with Crippen molar-refractivity contribution in [2.45, 2.75) is 33.1 Å². The smallest absolute Gasteiger partial charge is 0.123 e. The maximum Gasteiger partial charge on any atom is 0.123 e. The Balaban J connectivity index is 0.000000924. The van der Waals surface area contributed by atoms with Crippen molar-refractivity contribution < 1.29 is 9.50 Å². The first-order valence-corrected chi connectivity index (χ1v) is 8.01. The zero-order valence-electron chi connectivity index (χ0n) is 13.6. The van der Waals surface area contributed by atoms with E-state index in [4.69, 9.17) is 0 Å². The van der Waals surface area contributed by atoms with Gasteiger partial charge in [0.05, 0.1) is 0 Å². The van der Waals surface area contributed by atoms with Crippen LogP contribution in [0.15, 0.2) is 54.1 Å². The van der Waals surface area contributed by atoms with Crippen LogP contribution in [0, 0.1) is 17.7 Å². The molecule has 1 nitrogen and oxygen atoms in total. The van der Waals surface area contributed by atoms with E-state index in [1.165, 1.54) is 18.6 Å². The van der Waals surface area contributed by atoms with E-state index in [1.54, 1.807) is 12.1 Å². The van der Waals surface area contributed by atoms with Crippen molar-refractivity contribution in [3.63, 3.8) is 0 Å². The third-order valence-corrected chi connectivity index (χ3v) is 3.65. The van der Waals surface area contributed by atoms with Crippen molar-refractivity contribution >= 4 is 5.76 Å². The minimum Gasteiger partial charge on any atom is -0.507 e. The summed E-state index contributed by atoms with van der Waals surface area (Å²) < 4.78 is 12.8. The molecule has 1 saturated carbocycles. The minimum absolute atomic E-state index is 0.260. The van der Waals surface area contributed by atoms with Crippen LogP contribution in [0.2, 0.25) is 0 Å². The maximum absolute atomic E-state index is 12.8. The number of aliphatic hydroxyl groups excluding tert-OH is 1. The van der Waals surface area contributed by atoms with Crippen LogP contribution in [-0.2, 0) is 0 Å². The first kappa shape index (κ1) is 16.8. The molecule has 1 aliphatic carbocycles. The van der Waals surface area contributed by atoms with Gasteiger partial charge in [0, 0.05) is 16.7 Å². The van der Waals surface area contributed by atoms with Crippen LogP contribution in [0.3, 0.4) is 0 Å². The summed E-state index contributed by atoms with van der Waals surface area (Å²) in [6.07, 6.45) is 3.16. The summed E-state index contributed by atoms with van der Waals surface area (Å²) >= 11 is 0. The lowest BCUT2D eigenvalue weighted by Crippen LogP contribution is -2.01. The Morgan fingerprint density at radius 2 is 1.35 bits per heavy atom. The van der Waals surface area contributed by atoms with Crippen LogP contribution in [-0.4, -0.2) is 5.11 Å². The summed E-state index contributed by atoms with van der Waals surface area (Å²) in [6, 6.07) is 13.7. The Kier molecular flexibility index (Phi) is 6.00. The van der Waals surface area contributed by atoms with Crippen molar-refractivity contribution in [3.05, 3.63) is 76.6 Å². The molecule has 2 aromatic rings. The molecule has 0 atom stereocenters. The van der Waals surface area contributed by atoms with Crippen molar-refractivity contribution in [3.8, 4) is 11.8 Å². The van der Waals surface area contributed by atoms with Crippen LogP contribution < -0.4 is 0 Å². The molecule has 0 unspecified atom stereocenters. The van der Waals surface area contributed by atoms with Gasteiger partial charge in [-0.15, -0.1) is 0 Å². The number of aliphatic hydroxyl groups is 1. The fourth-order valence-electron chi connectivity index (χ4n) is 2.18. The van der Waals surface area contributed by atoms with Gasteiger partial charge in [-0.25, -0.2) is 4.39 Å². The summed E-state index contributed by atoms with van der Waals surface area (Å²) in [5.41, 5.74) is 3.63. The third-order valence-electron chi connectivity index (χ3n) is 3.65. The fourth-order valence-corrected chi connectivity index (χ4v) is 2.18. The molecule has 2 heteroatoms. The highest BCUT2D eigenvalue weighted by molar-refractivity contribution is 5.63. The molecule has 0 spiro atoms. The van der Waals surface area contributed by atoms with Crippen LogP contribution in [0.5, 0.6) is 0 Å². The molecule has 0 aliphatic heterocycles. The Morgan fingerprint density at radius 3 is 1.78 bits per heavy atom. The maximum atomic E-state index is 12.8. The lowest BCUT2D eigenvalue weighted by Gasteiger charge is -2.18. The van der Waals surface area contributed by atoms with Gasteiger partial charge >= 0.3 is 0 Å². The third kappa shape index (κ3) is 4.47.